The molecule has 2 rings (SSSR count). The molecule has 1 aliphatic carbocycles. The molecule has 1 aromatic carbocycles. The maximum atomic E-state index is 13.0. The highest BCUT2D eigenvalue weighted by atomic mass is 16.5. The Morgan fingerprint density at radius 1 is 1.42 bits per heavy atom. The summed E-state index contributed by atoms with van der Waals surface area (Å²) in [6.45, 7) is 7.27. The van der Waals surface area contributed by atoms with Crippen LogP contribution < -0.4 is 10.1 Å². The standard InChI is InChI=1S/C21H30N2O3/c1-4-6-12-25-19-10-9-18(13-17(19)15-22)23-20(24)21(26-5-2)11-7-8-16(3)14-21/h9-10,13,16H,4-8,11-12,14H2,1-3H3,(H,23,24)/t16-,21+/m1/s1. The number of rotatable bonds is 8. The van der Waals surface area contributed by atoms with Crippen molar-refractivity contribution in [1.29, 1.82) is 5.26 Å². The first-order valence-electron chi connectivity index (χ1n) is 9.67. The number of unbranched alkanes of at least 4 members (excludes halogenated alkanes) is 1. The van der Waals surface area contributed by atoms with Crippen LogP contribution in [0.3, 0.4) is 0 Å². The molecule has 0 bridgehead atoms. The zero-order chi connectivity index (χ0) is 19.0. The Bertz CT molecular complexity index is 649. The number of nitriles is 1. The molecule has 0 unspecified atom stereocenters. The zero-order valence-electron chi connectivity index (χ0n) is 16.1. The third kappa shape index (κ3) is 4.98. The summed E-state index contributed by atoms with van der Waals surface area (Å²) in [6.07, 6.45) is 5.56. The molecule has 5 heteroatoms. The van der Waals surface area contributed by atoms with Crippen LogP contribution >= 0.6 is 0 Å². The number of amides is 1. The number of anilines is 1. The van der Waals surface area contributed by atoms with Crippen molar-refractivity contribution in [3.63, 3.8) is 0 Å². The number of ether oxygens (including phenoxy) is 2. The molecule has 2 atom stereocenters. The van der Waals surface area contributed by atoms with E-state index >= 15 is 0 Å². The Morgan fingerprint density at radius 2 is 2.23 bits per heavy atom. The quantitative estimate of drug-likeness (QED) is 0.686. The predicted molar refractivity (Wildman–Crippen MR) is 102 cm³/mol. The summed E-state index contributed by atoms with van der Waals surface area (Å²) in [5.41, 5.74) is 0.267. The average molecular weight is 358 g/mol. The summed E-state index contributed by atoms with van der Waals surface area (Å²) in [4.78, 5) is 13.0. The zero-order valence-corrected chi connectivity index (χ0v) is 16.1. The van der Waals surface area contributed by atoms with Gasteiger partial charge in [-0.1, -0.05) is 26.7 Å². The van der Waals surface area contributed by atoms with Crippen molar-refractivity contribution in [3.05, 3.63) is 23.8 Å². The van der Waals surface area contributed by atoms with Crippen molar-refractivity contribution < 1.29 is 14.3 Å². The van der Waals surface area contributed by atoms with Gasteiger partial charge in [-0.2, -0.15) is 5.26 Å². The van der Waals surface area contributed by atoms with Crippen LogP contribution in [0.25, 0.3) is 0 Å². The van der Waals surface area contributed by atoms with E-state index in [0.29, 0.717) is 36.1 Å². The van der Waals surface area contributed by atoms with Gasteiger partial charge in [0.2, 0.25) is 0 Å². The second-order valence-corrected chi connectivity index (χ2v) is 7.11. The van der Waals surface area contributed by atoms with Crippen molar-refractivity contribution in [2.24, 2.45) is 5.92 Å². The van der Waals surface area contributed by atoms with Gasteiger partial charge in [-0.05, 0) is 56.7 Å². The monoisotopic (exact) mass is 358 g/mol. The molecule has 0 saturated heterocycles. The molecule has 1 fully saturated rings. The van der Waals surface area contributed by atoms with Gasteiger partial charge >= 0.3 is 0 Å². The molecule has 0 aliphatic heterocycles. The van der Waals surface area contributed by atoms with Crippen LogP contribution in [0.5, 0.6) is 5.75 Å². The summed E-state index contributed by atoms with van der Waals surface area (Å²) < 4.78 is 11.6. The number of nitrogens with one attached hydrogen (secondary N) is 1. The highest BCUT2D eigenvalue weighted by Crippen LogP contribution is 2.36. The normalized spacial score (nSPS) is 22.5. The molecule has 26 heavy (non-hydrogen) atoms. The smallest absolute Gasteiger partial charge is 0.256 e. The Morgan fingerprint density at radius 3 is 2.88 bits per heavy atom. The highest BCUT2D eigenvalue weighted by molar-refractivity contribution is 5.97. The molecule has 0 spiro atoms. The summed E-state index contributed by atoms with van der Waals surface area (Å²) >= 11 is 0. The first-order chi connectivity index (χ1) is 12.5. The number of carbonyl (C=O) groups is 1. The third-order valence-electron chi connectivity index (χ3n) is 4.90. The van der Waals surface area contributed by atoms with Gasteiger partial charge in [0.15, 0.2) is 0 Å². The molecule has 0 heterocycles. The first-order valence-corrected chi connectivity index (χ1v) is 9.67. The molecule has 1 saturated carbocycles. The van der Waals surface area contributed by atoms with Crippen LogP contribution in [0, 0.1) is 17.2 Å². The Hall–Kier alpha value is -2.06. The van der Waals surface area contributed by atoms with E-state index in [1.807, 2.05) is 6.92 Å². The van der Waals surface area contributed by atoms with E-state index in [1.165, 1.54) is 0 Å². The number of hydrogen-bond donors (Lipinski definition) is 1. The molecule has 1 amide bonds. The number of carbonyl (C=O) groups excluding carboxylic acids is 1. The molecule has 5 nitrogen and oxygen atoms in total. The van der Waals surface area contributed by atoms with E-state index in [-0.39, 0.29) is 5.91 Å². The van der Waals surface area contributed by atoms with Crippen molar-refractivity contribution in [1.82, 2.24) is 0 Å². The highest BCUT2D eigenvalue weighted by Gasteiger charge is 2.42. The summed E-state index contributed by atoms with van der Waals surface area (Å²) in [5, 5.41) is 12.3. The molecule has 1 aliphatic rings. The Balaban J connectivity index is 2.13. The van der Waals surface area contributed by atoms with Gasteiger partial charge in [0.05, 0.1) is 12.2 Å². The van der Waals surface area contributed by atoms with Gasteiger partial charge in [0.25, 0.3) is 5.91 Å². The SMILES string of the molecule is CCCCOc1ccc(NC(=O)[C@]2(OCC)CCC[C@@H](C)C2)cc1C#N. The van der Waals surface area contributed by atoms with Crippen LogP contribution in [0.2, 0.25) is 0 Å². The lowest BCUT2D eigenvalue weighted by atomic mass is 9.78. The average Bonchev–Trinajstić information content (AvgIpc) is 2.63. The first kappa shape index (κ1) is 20.3. The van der Waals surface area contributed by atoms with Gasteiger partial charge in [0, 0.05) is 12.3 Å². The van der Waals surface area contributed by atoms with Crippen molar-refractivity contribution in [2.75, 3.05) is 18.5 Å². The fourth-order valence-corrected chi connectivity index (χ4v) is 3.57. The van der Waals surface area contributed by atoms with Crippen LogP contribution in [-0.4, -0.2) is 24.7 Å². The molecule has 1 N–H and O–H groups in total. The van der Waals surface area contributed by atoms with Crippen molar-refractivity contribution >= 4 is 11.6 Å². The lowest BCUT2D eigenvalue weighted by Gasteiger charge is -2.38. The van der Waals surface area contributed by atoms with Gasteiger partial charge < -0.3 is 14.8 Å². The molecule has 0 radical (unpaired) electrons. The topological polar surface area (TPSA) is 71.3 Å². The summed E-state index contributed by atoms with van der Waals surface area (Å²) in [6, 6.07) is 7.36. The second-order valence-electron chi connectivity index (χ2n) is 7.11. The molecule has 1 aromatic rings. The van der Waals surface area contributed by atoms with E-state index in [2.05, 4.69) is 25.2 Å². The van der Waals surface area contributed by atoms with E-state index in [4.69, 9.17) is 9.47 Å². The maximum Gasteiger partial charge on any atom is 0.256 e. The van der Waals surface area contributed by atoms with Crippen LogP contribution in [0.1, 0.15) is 64.9 Å². The number of benzene rings is 1. The Kier molecular flexibility index (Phi) is 7.47. The van der Waals surface area contributed by atoms with E-state index in [0.717, 1.165) is 38.5 Å². The Labute approximate surface area is 156 Å². The summed E-state index contributed by atoms with van der Waals surface area (Å²) in [7, 11) is 0. The molecule has 0 aromatic heterocycles. The minimum absolute atomic E-state index is 0.116. The fraction of sp³-hybridized carbons (Fsp3) is 0.619. The van der Waals surface area contributed by atoms with Crippen LogP contribution in [0.15, 0.2) is 18.2 Å². The van der Waals surface area contributed by atoms with Gasteiger partial charge in [-0.15, -0.1) is 0 Å². The lowest BCUT2D eigenvalue weighted by molar-refractivity contribution is -0.147. The van der Waals surface area contributed by atoms with Gasteiger partial charge in [-0.3, -0.25) is 4.79 Å². The third-order valence-corrected chi connectivity index (χ3v) is 4.90. The van der Waals surface area contributed by atoms with E-state index in [9.17, 15) is 10.1 Å². The molecular formula is C21H30N2O3. The predicted octanol–water partition coefficient (Wildman–Crippen LogP) is 4.66. The van der Waals surface area contributed by atoms with Crippen LogP contribution in [0.4, 0.5) is 5.69 Å². The van der Waals surface area contributed by atoms with Crippen LogP contribution in [-0.2, 0) is 9.53 Å². The van der Waals surface area contributed by atoms with Crippen molar-refractivity contribution in [3.8, 4) is 11.8 Å². The second kappa shape index (κ2) is 9.59. The largest absolute Gasteiger partial charge is 0.492 e. The minimum atomic E-state index is -0.768. The number of hydrogen-bond acceptors (Lipinski definition) is 4. The number of nitrogens with zero attached hydrogens (tertiary/aromatic N) is 1. The van der Waals surface area contributed by atoms with E-state index in [1.54, 1.807) is 18.2 Å². The van der Waals surface area contributed by atoms with Crippen molar-refractivity contribution in [2.45, 2.75) is 64.9 Å². The van der Waals surface area contributed by atoms with Gasteiger partial charge in [0.1, 0.15) is 17.4 Å². The van der Waals surface area contributed by atoms with Gasteiger partial charge in [-0.25, -0.2) is 0 Å². The molecular weight excluding hydrogens is 328 g/mol. The maximum absolute atomic E-state index is 13.0. The lowest BCUT2D eigenvalue weighted by Crippen LogP contribution is -2.48. The van der Waals surface area contributed by atoms with E-state index < -0.39 is 5.60 Å². The summed E-state index contributed by atoms with van der Waals surface area (Å²) in [5.74, 6) is 0.907. The molecule has 142 valence electrons. The fourth-order valence-electron chi connectivity index (χ4n) is 3.57. The minimum Gasteiger partial charge on any atom is -0.492 e.